The molecule has 0 bridgehead atoms. The number of carbonyl (C=O) groups excluding carboxylic acids is 2. The quantitative estimate of drug-likeness (QED) is 0.293. The van der Waals surface area contributed by atoms with Crippen molar-refractivity contribution in [2.75, 3.05) is 0 Å². The Labute approximate surface area is 191 Å². The number of pyridine rings is 1. The van der Waals surface area contributed by atoms with Crippen LogP contribution in [0.25, 0.3) is 0 Å². The number of rotatable bonds is 8. The topological polar surface area (TPSA) is 182 Å². The van der Waals surface area contributed by atoms with Gasteiger partial charge in [-0.2, -0.15) is 10.2 Å². The van der Waals surface area contributed by atoms with Gasteiger partial charge in [0.25, 0.3) is 23.2 Å². The minimum absolute atomic E-state index is 0.0717. The van der Waals surface area contributed by atoms with Gasteiger partial charge in [0.15, 0.2) is 0 Å². The number of nitro groups is 2. The molecule has 0 aliphatic heterocycles. The lowest BCUT2D eigenvalue weighted by atomic mass is 10.2. The highest BCUT2D eigenvalue weighted by Gasteiger charge is 2.12. The van der Waals surface area contributed by atoms with E-state index >= 15 is 0 Å². The largest absolute Gasteiger partial charge is 0.289 e. The van der Waals surface area contributed by atoms with E-state index in [1.807, 2.05) is 0 Å². The van der Waals surface area contributed by atoms with E-state index in [0.717, 1.165) is 0 Å². The van der Waals surface area contributed by atoms with E-state index < -0.39 is 21.7 Å². The Morgan fingerprint density at radius 2 is 1.09 bits per heavy atom. The van der Waals surface area contributed by atoms with Gasteiger partial charge in [0.05, 0.1) is 22.3 Å². The molecule has 2 aromatic carbocycles. The molecule has 3 aromatic rings. The van der Waals surface area contributed by atoms with Crippen molar-refractivity contribution < 1.29 is 19.4 Å². The Morgan fingerprint density at radius 3 is 1.44 bits per heavy atom. The van der Waals surface area contributed by atoms with Crippen molar-refractivity contribution in [2.24, 2.45) is 10.2 Å². The van der Waals surface area contributed by atoms with Crippen LogP contribution in [0.3, 0.4) is 0 Å². The van der Waals surface area contributed by atoms with Gasteiger partial charge in [-0.3, -0.25) is 29.8 Å². The van der Waals surface area contributed by atoms with Crippen LogP contribution in [0.4, 0.5) is 11.4 Å². The number of hydrogen-bond donors (Lipinski definition) is 2. The second-order valence-electron chi connectivity index (χ2n) is 6.50. The Morgan fingerprint density at radius 1 is 0.706 bits per heavy atom. The molecule has 0 unspecified atom stereocenters. The molecule has 0 atom stereocenters. The number of nitrogens with zero attached hydrogens (tertiary/aromatic N) is 5. The molecule has 2 N–H and O–H groups in total. The fraction of sp³-hybridized carbons (Fsp3) is 0. The molecule has 0 aliphatic carbocycles. The number of aromatic nitrogens is 1. The molecule has 2 amide bonds. The molecule has 13 heteroatoms. The number of carbonyl (C=O) groups is 2. The minimum Gasteiger partial charge on any atom is -0.266 e. The van der Waals surface area contributed by atoms with E-state index in [4.69, 9.17) is 0 Å². The predicted octanol–water partition coefficient (Wildman–Crippen LogP) is 2.43. The lowest BCUT2D eigenvalue weighted by molar-refractivity contribution is -0.385. The molecule has 170 valence electrons. The summed E-state index contributed by atoms with van der Waals surface area (Å²) in [5.41, 5.74) is 5.26. The van der Waals surface area contributed by atoms with Crippen molar-refractivity contribution in [3.63, 3.8) is 0 Å². The molecule has 0 fully saturated rings. The van der Waals surface area contributed by atoms with Crippen LogP contribution in [0.5, 0.6) is 0 Å². The van der Waals surface area contributed by atoms with Gasteiger partial charge in [-0.15, -0.1) is 0 Å². The molecule has 1 aromatic heterocycles. The van der Waals surface area contributed by atoms with Gasteiger partial charge in [-0.1, -0.05) is 6.07 Å². The maximum Gasteiger partial charge on any atom is 0.289 e. The zero-order valence-corrected chi connectivity index (χ0v) is 17.2. The molecule has 0 spiro atoms. The van der Waals surface area contributed by atoms with Crippen LogP contribution in [0.2, 0.25) is 0 Å². The number of hydrazone groups is 2. The van der Waals surface area contributed by atoms with Crippen molar-refractivity contribution in [1.29, 1.82) is 0 Å². The first-order valence-corrected chi connectivity index (χ1v) is 9.46. The Bertz CT molecular complexity index is 1190. The number of amides is 2. The number of nitrogens with one attached hydrogen (secondary N) is 2. The van der Waals surface area contributed by atoms with Crippen LogP contribution in [0, 0.1) is 20.2 Å². The second kappa shape index (κ2) is 10.8. The van der Waals surface area contributed by atoms with Gasteiger partial charge >= 0.3 is 0 Å². The van der Waals surface area contributed by atoms with Crippen LogP contribution >= 0.6 is 0 Å². The molecule has 0 saturated carbocycles. The molecular weight excluding hydrogens is 446 g/mol. The molecule has 0 saturated heterocycles. The summed E-state index contributed by atoms with van der Waals surface area (Å²) in [6.07, 6.45) is 2.59. The Kier molecular flexibility index (Phi) is 7.42. The third-order valence-corrected chi connectivity index (χ3v) is 4.18. The van der Waals surface area contributed by atoms with E-state index in [2.05, 4.69) is 26.0 Å². The van der Waals surface area contributed by atoms with E-state index in [0.29, 0.717) is 11.1 Å². The SMILES string of the molecule is O=C(N/N=C\c1ccc([N+](=O)[O-])cc1)c1cccc(C(=O)N/N=C\c2ccc([N+](=O)[O-])cc2)n1. The average Bonchev–Trinajstić information content (AvgIpc) is 2.84. The third-order valence-electron chi connectivity index (χ3n) is 4.18. The van der Waals surface area contributed by atoms with Crippen LogP contribution in [-0.2, 0) is 0 Å². The summed E-state index contributed by atoms with van der Waals surface area (Å²) < 4.78 is 0. The summed E-state index contributed by atoms with van der Waals surface area (Å²) in [5, 5.41) is 28.8. The molecule has 3 rings (SSSR count). The van der Waals surface area contributed by atoms with E-state index in [-0.39, 0.29) is 22.8 Å². The summed E-state index contributed by atoms with van der Waals surface area (Å²) in [6.45, 7) is 0. The lowest BCUT2D eigenvalue weighted by Crippen LogP contribution is -2.23. The fourth-order valence-corrected chi connectivity index (χ4v) is 2.50. The Balaban J connectivity index is 1.57. The average molecular weight is 461 g/mol. The molecule has 0 radical (unpaired) electrons. The maximum absolute atomic E-state index is 12.2. The molecule has 34 heavy (non-hydrogen) atoms. The smallest absolute Gasteiger partial charge is 0.266 e. The summed E-state index contributed by atoms with van der Waals surface area (Å²) in [5.74, 6) is -1.36. The molecular formula is C21H15N7O6. The number of benzene rings is 2. The standard InChI is InChI=1S/C21H15N7O6/c29-20(25-22-12-14-4-8-16(9-5-14)27(31)32)18-2-1-3-19(24-18)21(30)26-23-13-15-6-10-17(11-7-15)28(33)34/h1-13H,(H,25,29)(H,26,30)/b22-12-,23-13-. The Hall–Kier alpha value is -5.33. The summed E-state index contributed by atoms with van der Waals surface area (Å²) in [7, 11) is 0. The maximum atomic E-state index is 12.2. The molecule has 13 nitrogen and oxygen atoms in total. The highest BCUT2D eigenvalue weighted by Crippen LogP contribution is 2.11. The van der Waals surface area contributed by atoms with Gasteiger partial charge < -0.3 is 0 Å². The lowest BCUT2D eigenvalue weighted by Gasteiger charge is -2.03. The van der Waals surface area contributed by atoms with E-state index in [1.54, 1.807) is 0 Å². The molecule has 0 aliphatic rings. The first-order valence-electron chi connectivity index (χ1n) is 9.46. The third kappa shape index (κ3) is 6.34. The minimum atomic E-state index is -0.679. The fourth-order valence-electron chi connectivity index (χ4n) is 2.50. The van der Waals surface area contributed by atoms with Crippen molar-refractivity contribution in [1.82, 2.24) is 15.8 Å². The van der Waals surface area contributed by atoms with Gasteiger partial charge in [0.2, 0.25) is 0 Å². The monoisotopic (exact) mass is 461 g/mol. The van der Waals surface area contributed by atoms with E-state index in [1.165, 1.54) is 79.2 Å². The van der Waals surface area contributed by atoms with Crippen molar-refractivity contribution in [2.45, 2.75) is 0 Å². The summed E-state index contributed by atoms with van der Waals surface area (Å²) in [6, 6.07) is 15.3. The highest BCUT2D eigenvalue weighted by atomic mass is 16.6. The summed E-state index contributed by atoms with van der Waals surface area (Å²) in [4.78, 5) is 48.7. The van der Waals surface area contributed by atoms with Gasteiger partial charge in [0, 0.05) is 24.3 Å². The van der Waals surface area contributed by atoms with Crippen LogP contribution < -0.4 is 10.9 Å². The van der Waals surface area contributed by atoms with Crippen molar-refractivity contribution in [3.8, 4) is 0 Å². The van der Waals surface area contributed by atoms with Gasteiger partial charge in [-0.25, -0.2) is 15.8 Å². The van der Waals surface area contributed by atoms with Crippen molar-refractivity contribution in [3.05, 3.63) is 109 Å². The van der Waals surface area contributed by atoms with E-state index in [9.17, 15) is 29.8 Å². The van der Waals surface area contributed by atoms with Gasteiger partial charge in [0.1, 0.15) is 11.4 Å². The zero-order valence-electron chi connectivity index (χ0n) is 17.2. The predicted molar refractivity (Wildman–Crippen MR) is 121 cm³/mol. The number of nitro benzene ring substituents is 2. The molecule has 1 heterocycles. The number of non-ortho nitro benzene ring substituents is 2. The van der Waals surface area contributed by atoms with Crippen molar-refractivity contribution >= 4 is 35.6 Å². The zero-order chi connectivity index (χ0) is 24.5. The normalized spacial score (nSPS) is 10.8. The van der Waals surface area contributed by atoms with Gasteiger partial charge in [-0.05, 0) is 47.5 Å². The van der Waals surface area contributed by atoms with Crippen LogP contribution in [-0.4, -0.2) is 39.1 Å². The second-order valence-corrected chi connectivity index (χ2v) is 6.50. The highest BCUT2D eigenvalue weighted by molar-refractivity contribution is 5.97. The summed E-state index contributed by atoms with van der Waals surface area (Å²) >= 11 is 0. The number of hydrogen-bond acceptors (Lipinski definition) is 9. The van der Waals surface area contributed by atoms with Crippen LogP contribution in [0.1, 0.15) is 32.1 Å². The first-order chi connectivity index (χ1) is 16.3. The van der Waals surface area contributed by atoms with Crippen LogP contribution in [0.15, 0.2) is 76.9 Å². The first kappa shape index (κ1) is 23.3.